The van der Waals surface area contributed by atoms with Crippen LogP contribution in [0.3, 0.4) is 0 Å². The second-order valence-electron chi connectivity index (χ2n) is 4.54. The molecule has 0 fully saturated rings. The largest absolute Gasteiger partial charge is 0.409 e. The summed E-state index contributed by atoms with van der Waals surface area (Å²) >= 11 is 0. The maximum absolute atomic E-state index is 8.60. The second-order valence-corrected chi connectivity index (χ2v) is 4.54. The van der Waals surface area contributed by atoms with Crippen LogP contribution in [-0.4, -0.2) is 16.0 Å². The van der Waals surface area contributed by atoms with E-state index in [-0.39, 0.29) is 11.9 Å². The van der Waals surface area contributed by atoms with Gasteiger partial charge in [0.1, 0.15) is 0 Å². The molecule has 1 unspecified atom stereocenters. The van der Waals surface area contributed by atoms with Gasteiger partial charge in [0, 0.05) is 24.3 Å². The van der Waals surface area contributed by atoms with Gasteiger partial charge in [-0.25, -0.2) is 0 Å². The molecular weight excluding hydrogens is 252 g/mol. The SMILES string of the molecule is CC(NCc1ccc(C(N)=NO)cc1)c1ccccn1. The summed E-state index contributed by atoms with van der Waals surface area (Å²) in [7, 11) is 0. The topological polar surface area (TPSA) is 83.5 Å². The Morgan fingerprint density at radius 1 is 1.30 bits per heavy atom. The first-order chi connectivity index (χ1) is 9.70. The van der Waals surface area contributed by atoms with Crippen LogP contribution < -0.4 is 11.1 Å². The monoisotopic (exact) mass is 270 g/mol. The number of rotatable bonds is 5. The molecule has 1 aromatic carbocycles. The van der Waals surface area contributed by atoms with Crippen molar-refractivity contribution in [2.75, 3.05) is 0 Å². The number of oxime groups is 1. The van der Waals surface area contributed by atoms with E-state index in [0.717, 1.165) is 17.8 Å². The summed E-state index contributed by atoms with van der Waals surface area (Å²) in [5.74, 6) is 0.117. The lowest BCUT2D eigenvalue weighted by atomic mass is 10.1. The van der Waals surface area contributed by atoms with Crippen molar-refractivity contribution in [1.29, 1.82) is 0 Å². The van der Waals surface area contributed by atoms with Crippen LogP contribution in [0.4, 0.5) is 0 Å². The van der Waals surface area contributed by atoms with Crippen molar-refractivity contribution >= 4 is 5.84 Å². The van der Waals surface area contributed by atoms with Crippen molar-refractivity contribution < 1.29 is 5.21 Å². The molecule has 4 N–H and O–H groups in total. The third-order valence-corrected chi connectivity index (χ3v) is 3.10. The Hall–Kier alpha value is -2.40. The van der Waals surface area contributed by atoms with Crippen molar-refractivity contribution in [1.82, 2.24) is 10.3 Å². The molecule has 0 spiro atoms. The van der Waals surface area contributed by atoms with Crippen LogP contribution in [0.5, 0.6) is 0 Å². The van der Waals surface area contributed by atoms with E-state index in [1.54, 1.807) is 6.20 Å². The van der Waals surface area contributed by atoms with Gasteiger partial charge in [-0.15, -0.1) is 0 Å². The summed E-state index contributed by atoms with van der Waals surface area (Å²) in [6.45, 7) is 2.81. The molecule has 104 valence electrons. The highest BCUT2D eigenvalue weighted by atomic mass is 16.4. The van der Waals surface area contributed by atoms with Gasteiger partial charge >= 0.3 is 0 Å². The molecule has 2 rings (SSSR count). The van der Waals surface area contributed by atoms with Gasteiger partial charge in [0.05, 0.1) is 5.69 Å². The van der Waals surface area contributed by atoms with Gasteiger partial charge in [-0.05, 0) is 24.6 Å². The highest BCUT2D eigenvalue weighted by Gasteiger charge is 2.05. The van der Waals surface area contributed by atoms with Crippen molar-refractivity contribution in [2.24, 2.45) is 10.9 Å². The van der Waals surface area contributed by atoms with Crippen LogP contribution in [0.25, 0.3) is 0 Å². The zero-order chi connectivity index (χ0) is 14.4. The second kappa shape index (κ2) is 6.68. The van der Waals surface area contributed by atoms with Crippen molar-refractivity contribution in [3.05, 3.63) is 65.5 Å². The Morgan fingerprint density at radius 2 is 2.05 bits per heavy atom. The molecule has 0 saturated heterocycles. The maximum atomic E-state index is 8.60. The minimum Gasteiger partial charge on any atom is -0.409 e. The molecule has 2 aromatic rings. The summed E-state index contributed by atoms with van der Waals surface area (Å²) in [6.07, 6.45) is 1.79. The van der Waals surface area contributed by atoms with E-state index < -0.39 is 0 Å². The first-order valence-electron chi connectivity index (χ1n) is 6.42. The average Bonchev–Trinajstić information content (AvgIpc) is 2.53. The van der Waals surface area contributed by atoms with E-state index in [1.165, 1.54) is 0 Å². The standard InChI is InChI=1S/C15H18N4O/c1-11(14-4-2-3-9-17-14)18-10-12-5-7-13(8-6-12)15(16)19-20/h2-9,11,18,20H,10H2,1H3,(H2,16,19). The van der Waals surface area contributed by atoms with Crippen molar-refractivity contribution in [3.8, 4) is 0 Å². The van der Waals surface area contributed by atoms with Crippen molar-refractivity contribution in [3.63, 3.8) is 0 Å². The number of hydrogen-bond donors (Lipinski definition) is 3. The highest BCUT2D eigenvalue weighted by molar-refractivity contribution is 5.96. The Balaban J connectivity index is 1.94. The normalized spacial score (nSPS) is 13.2. The zero-order valence-electron chi connectivity index (χ0n) is 11.3. The maximum Gasteiger partial charge on any atom is 0.170 e. The smallest absolute Gasteiger partial charge is 0.170 e. The Morgan fingerprint density at radius 3 is 2.65 bits per heavy atom. The molecule has 0 aliphatic rings. The van der Waals surface area contributed by atoms with E-state index in [2.05, 4.69) is 22.4 Å². The molecule has 0 bridgehead atoms. The fourth-order valence-electron chi connectivity index (χ4n) is 1.86. The van der Waals surface area contributed by atoms with E-state index >= 15 is 0 Å². The molecule has 0 radical (unpaired) electrons. The summed E-state index contributed by atoms with van der Waals surface area (Å²) in [5.41, 5.74) is 8.36. The third-order valence-electron chi connectivity index (χ3n) is 3.10. The molecule has 0 amide bonds. The number of nitrogens with two attached hydrogens (primary N) is 1. The Kier molecular flexibility index (Phi) is 4.68. The van der Waals surface area contributed by atoms with Crippen molar-refractivity contribution in [2.45, 2.75) is 19.5 Å². The first-order valence-corrected chi connectivity index (χ1v) is 6.42. The number of nitrogens with one attached hydrogen (secondary N) is 1. The summed E-state index contributed by atoms with van der Waals surface area (Å²) in [4.78, 5) is 4.32. The minimum atomic E-state index is 0.117. The van der Waals surface area contributed by atoms with Crippen LogP contribution in [-0.2, 0) is 6.54 Å². The quantitative estimate of drug-likeness (QED) is 0.336. The van der Waals surface area contributed by atoms with E-state index in [9.17, 15) is 0 Å². The average molecular weight is 270 g/mol. The molecular formula is C15H18N4O. The van der Waals surface area contributed by atoms with Gasteiger partial charge in [0.25, 0.3) is 0 Å². The van der Waals surface area contributed by atoms with Gasteiger partial charge in [-0.2, -0.15) is 0 Å². The molecule has 0 saturated carbocycles. The van der Waals surface area contributed by atoms with Gasteiger partial charge in [0.15, 0.2) is 5.84 Å². The van der Waals surface area contributed by atoms with Gasteiger partial charge in [-0.3, -0.25) is 4.98 Å². The molecule has 1 heterocycles. The van der Waals surface area contributed by atoms with Crippen LogP contribution >= 0.6 is 0 Å². The van der Waals surface area contributed by atoms with E-state index in [0.29, 0.717) is 5.56 Å². The predicted molar refractivity (Wildman–Crippen MR) is 78.4 cm³/mol. The number of benzene rings is 1. The molecule has 5 heteroatoms. The van der Waals surface area contributed by atoms with Gasteiger partial charge < -0.3 is 16.3 Å². The summed E-state index contributed by atoms with van der Waals surface area (Å²) in [6, 6.07) is 13.6. The fourth-order valence-corrected chi connectivity index (χ4v) is 1.86. The van der Waals surface area contributed by atoms with Crippen LogP contribution in [0, 0.1) is 0 Å². The lowest BCUT2D eigenvalue weighted by Gasteiger charge is -2.13. The molecule has 0 aliphatic carbocycles. The number of pyridine rings is 1. The number of aromatic nitrogens is 1. The third kappa shape index (κ3) is 3.55. The van der Waals surface area contributed by atoms with Gasteiger partial charge in [0.2, 0.25) is 0 Å². The van der Waals surface area contributed by atoms with Crippen LogP contribution in [0.2, 0.25) is 0 Å². The predicted octanol–water partition coefficient (Wildman–Crippen LogP) is 2.03. The summed E-state index contributed by atoms with van der Waals surface area (Å²) < 4.78 is 0. The summed E-state index contributed by atoms with van der Waals surface area (Å²) in [5, 5.41) is 15.0. The molecule has 20 heavy (non-hydrogen) atoms. The first kappa shape index (κ1) is 14.0. The highest BCUT2D eigenvalue weighted by Crippen LogP contribution is 2.10. The zero-order valence-corrected chi connectivity index (χ0v) is 11.3. The van der Waals surface area contributed by atoms with Crippen LogP contribution in [0.1, 0.15) is 29.8 Å². The molecule has 0 aliphatic heterocycles. The number of nitrogens with zero attached hydrogens (tertiary/aromatic N) is 2. The molecule has 1 aromatic heterocycles. The number of amidine groups is 1. The molecule has 5 nitrogen and oxygen atoms in total. The lowest BCUT2D eigenvalue weighted by Crippen LogP contribution is -2.19. The van der Waals surface area contributed by atoms with Crippen LogP contribution in [0.15, 0.2) is 53.8 Å². The van der Waals surface area contributed by atoms with E-state index in [1.807, 2.05) is 42.5 Å². The van der Waals surface area contributed by atoms with E-state index in [4.69, 9.17) is 10.9 Å². The molecule has 1 atom stereocenters. The Bertz CT molecular complexity index is 566. The fraction of sp³-hybridized carbons (Fsp3) is 0.200. The minimum absolute atomic E-state index is 0.117. The lowest BCUT2D eigenvalue weighted by molar-refractivity contribution is 0.318. The van der Waals surface area contributed by atoms with Gasteiger partial charge in [-0.1, -0.05) is 35.5 Å². The number of hydrogen-bond acceptors (Lipinski definition) is 4. The Labute approximate surface area is 118 Å².